The number of para-hydroxylation sites is 1. The largest absolute Gasteiger partial charge is 0.353 e. The van der Waals surface area contributed by atoms with Gasteiger partial charge in [0.1, 0.15) is 0 Å². The summed E-state index contributed by atoms with van der Waals surface area (Å²) >= 11 is 2.85. The molecule has 1 aromatic heterocycles. The fourth-order valence-corrected chi connectivity index (χ4v) is 4.09. The molecule has 1 amide bonds. The Morgan fingerprint density at radius 1 is 1.07 bits per heavy atom. The smallest absolute Gasteiger partial charge is 0.230 e. The van der Waals surface area contributed by atoms with Crippen LogP contribution >= 0.6 is 23.1 Å². The summed E-state index contributed by atoms with van der Waals surface area (Å²) in [6, 6.07) is 20.3. The zero-order valence-corrected chi connectivity index (χ0v) is 16.7. The van der Waals surface area contributed by atoms with E-state index in [0.717, 1.165) is 28.0 Å². The summed E-state index contributed by atoms with van der Waals surface area (Å²) in [4.78, 5) is 12.1. The molecule has 7 heteroatoms. The van der Waals surface area contributed by atoms with Crippen molar-refractivity contribution in [3.05, 3.63) is 66.2 Å². The van der Waals surface area contributed by atoms with Gasteiger partial charge in [-0.25, -0.2) is 0 Å². The maximum atomic E-state index is 12.1. The number of rotatable bonds is 9. The Labute approximate surface area is 167 Å². The molecule has 0 aliphatic rings. The van der Waals surface area contributed by atoms with Gasteiger partial charge < -0.3 is 10.6 Å². The third-order valence-electron chi connectivity index (χ3n) is 3.87. The molecule has 0 bridgehead atoms. The van der Waals surface area contributed by atoms with Crippen LogP contribution in [-0.2, 0) is 11.2 Å². The van der Waals surface area contributed by atoms with Crippen LogP contribution in [0.25, 0.3) is 0 Å². The number of nitrogens with one attached hydrogen (secondary N) is 2. The molecule has 0 radical (unpaired) electrons. The lowest BCUT2D eigenvalue weighted by molar-refractivity contribution is -0.119. The molecule has 1 atom stereocenters. The van der Waals surface area contributed by atoms with Gasteiger partial charge in [0.05, 0.1) is 5.75 Å². The van der Waals surface area contributed by atoms with E-state index in [0.29, 0.717) is 5.75 Å². The summed E-state index contributed by atoms with van der Waals surface area (Å²) in [5.41, 5.74) is 2.26. The minimum atomic E-state index is 0.0216. The SMILES string of the molecule is CC(CCc1ccccc1)NC(=O)CSc1nnc(Nc2ccccc2)s1. The van der Waals surface area contributed by atoms with E-state index in [4.69, 9.17) is 0 Å². The average Bonchev–Trinajstić information content (AvgIpc) is 3.14. The van der Waals surface area contributed by atoms with Gasteiger partial charge in [-0.15, -0.1) is 10.2 Å². The second kappa shape index (κ2) is 10.1. The first kappa shape index (κ1) is 19.4. The summed E-state index contributed by atoms with van der Waals surface area (Å²) in [5, 5.41) is 15.2. The van der Waals surface area contributed by atoms with Crippen LogP contribution < -0.4 is 10.6 Å². The van der Waals surface area contributed by atoms with E-state index in [1.807, 2.05) is 55.5 Å². The second-order valence-corrected chi connectivity index (χ2v) is 8.35. The molecule has 0 fully saturated rings. The highest BCUT2D eigenvalue weighted by Gasteiger charge is 2.11. The van der Waals surface area contributed by atoms with E-state index >= 15 is 0 Å². The zero-order chi connectivity index (χ0) is 18.9. The Bertz CT molecular complexity index is 839. The predicted octanol–water partition coefficient (Wildman–Crippen LogP) is 4.51. The quantitative estimate of drug-likeness (QED) is 0.519. The molecular formula is C20H22N4OS2. The van der Waals surface area contributed by atoms with Crippen molar-refractivity contribution in [3.8, 4) is 0 Å². The average molecular weight is 399 g/mol. The van der Waals surface area contributed by atoms with Gasteiger partial charge in [-0.1, -0.05) is 71.6 Å². The van der Waals surface area contributed by atoms with Crippen molar-refractivity contribution < 1.29 is 4.79 Å². The van der Waals surface area contributed by atoms with Crippen molar-refractivity contribution in [2.24, 2.45) is 0 Å². The number of benzene rings is 2. The number of hydrogen-bond donors (Lipinski definition) is 2. The topological polar surface area (TPSA) is 66.9 Å². The number of carbonyl (C=O) groups excluding carboxylic acids is 1. The van der Waals surface area contributed by atoms with E-state index in [-0.39, 0.29) is 11.9 Å². The van der Waals surface area contributed by atoms with E-state index < -0.39 is 0 Å². The molecule has 3 aromatic rings. The second-order valence-electron chi connectivity index (χ2n) is 6.15. The molecule has 140 valence electrons. The molecule has 1 unspecified atom stereocenters. The molecule has 0 saturated carbocycles. The van der Waals surface area contributed by atoms with Crippen molar-refractivity contribution in [1.29, 1.82) is 0 Å². The third kappa shape index (κ3) is 6.69. The number of anilines is 2. The summed E-state index contributed by atoms with van der Waals surface area (Å²) in [6.07, 6.45) is 1.88. The summed E-state index contributed by atoms with van der Waals surface area (Å²) < 4.78 is 0.778. The number of thioether (sulfide) groups is 1. The van der Waals surface area contributed by atoms with Gasteiger partial charge in [0, 0.05) is 11.7 Å². The number of aryl methyl sites for hydroxylation is 1. The first-order chi connectivity index (χ1) is 13.2. The van der Waals surface area contributed by atoms with E-state index in [2.05, 4.69) is 33.0 Å². The van der Waals surface area contributed by atoms with Crippen LogP contribution in [0.2, 0.25) is 0 Å². The molecule has 2 aromatic carbocycles. The highest BCUT2D eigenvalue weighted by molar-refractivity contribution is 8.01. The van der Waals surface area contributed by atoms with Crippen LogP contribution in [-0.4, -0.2) is 27.9 Å². The minimum Gasteiger partial charge on any atom is -0.353 e. The summed E-state index contributed by atoms with van der Waals surface area (Å²) in [7, 11) is 0. The summed E-state index contributed by atoms with van der Waals surface area (Å²) in [5.74, 6) is 0.365. The molecule has 5 nitrogen and oxygen atoms in total. The summed E-state index contributed by atoms with van der Waals surface area (Å²) in [6.45, 7) is 2.04. The monoisotopic (exact) mass is 398 g/mol. The molecule has 27 heavy (non-hydrogen) atoms. The number of aromatic nitrogens is 2. The van der Waals surface area contributed by atoms with Crippen molar-refractivity contribution in [2.45, 2.75) is 30.1 Å². The molecular weight excluding hydrogens is 376 g/mol. The highest BCUT2D eigenvalue weighted by atomic mass is 32.2. The van der Waals surface area contributed by atoms with Gasteiger partial charge in [0.2, 0.25) is 11.0 Å². The first-order valence-corrected chi connectivity index (χ1v) is 10.6. The van der Waals surface area contributed by atoms with Crippen molar-refractivity contribution in [3.63, 3.8) is 0 Å². The fourth-order valence-electron chi connectivity index (χ4n) is 2.51. The van der Waals surface area contributed by atoms with Gasteiger partial charge in [-0.3, -0.25) is 4.79 Å². The lowest BCUT2D eigenvalue weighted by atomic mass is 10.1. The van der Waals surface area contributed by atoms with Gasteiger partial charge in [0.25, 0.3) is 0 Å². The normalized spacial score (nSPS) is 11.7. The van der Waals surface area contributed by atoms with Crippen LogP contribution in [0.5, 0.6) is 0 Å². The van der Waals surface area contributed by atoms with Crippen LogP contribution in [0.4, 0.5) is 10.8 Å². The van der Waals surface area contributed by atoms with Crippen molar-refractivity contribution in [1.82, 2.24) is 15.5 Å². The standard InChI is InChI=1S/C20H22N4OS2/c1-15(12-13-16-8-4-2-5-9-16)21-18(25)14-26-20-24-23-19(27-20)22-17-10-6-3-7-11-17/h2-11,15H,12-14H2,1H3,(H,21,25)(H,22,23). The van der Waals surface area contributed by atoms with E-state index in [1.54, 1.807) is 0 Å². The van der Waals surface area contributed by atoms with E-state index in [1.165, 1.54) is 28.7 Å². The number of amides is 1. The Morgan fingerprint density at radius 3 is 2.52 bits per heavy atom. The Kier molecular flexibility index (Phi) is 7.24. The lowest BCUT2D eigenvalue weighted by Gasteiger charge is -2.13. The molecule has 0 aliphatic heterocycles. The van der Waals surface area contributed by atoms with Gasteiger partial charge in [-0.2, -0.15) is 0 Å². The zero-order valence-electron chi connectivity index (χ0n) is 15.1. The molecule has 2 N–H and O–H groups in total. The van der Waals surface area contributed by atoms with Gasteiger partial charge in [-0.05, 0) is 37.5 Å². The Morgan fingerprint density at radius 2 is 1.78 bits per heavy atom. The first-order valence-electron chi connectivity index (χ1n) is 8.81. The number of carbonyl (C=O) groups is 1. The lowest BCUT2D eigenvalue weighted by Crippen LogP contribution is -2.34. The van der Waals surface area contributed by atoms with Crippen molar-refractivity contribution >= 4 is 39.8 Å². The maximum absolute atomic E-state index is 12.1. The predicted molar refractivity (Wildman–Crippen MR) is 113 cm³/mol. The van der Waals surface area contributed by atoms with Crippen LogP contribution in [0.15, 0.2) is 65.0 Å². The van der Waals surface area contributed by atoms with Crippen LogP contribution in [0.3, 0.4) is 0 Å². The van der Waals surface area contributed by atoms with Crippen molar-refractivity contribution in [2.75, 3.05) is 11.1 Å². The fraction of sp³-hybridized carbons (Fsp3) is 0.250. The number of nitrogens with zero attached hydrogens (tertiary/aromatic N) is 2. The molecule has 1 heterocycles. The number of hydrogen-bond acceptors (Lipinski definition) is 6. The van der Waals surface area contributed by atoms with Gasteiger partial charge in [0.15, 0.2) is 4.34 Å². The van der Waals surface area contributed by atoms with Gasteiger partial charge >= 0.3 is 0 Å². The molecule has 0 saturated heterocycles. The van der Waals surface area contributed by atoms with E-state index in [9.17, 15) is 4.79 Å². The highest BCUT2D eigenvalue weighted by Crippen LogP contribution is 2.27. The minimum absolute atomic E-state index is 0.0216. The Balaban J connectivity index is 1.38. The van der Waals surface area contributed by atoms with Crippen LogP contribution in [0.1, 0.15) is 18.9 Å². The molecule has 0 aliphatic carbocycles. The maximum Gasteiger partial charge on any atom is 0.230 e. The molecule has 0 spiro atoms. The third-order valence-corrected chi connectivity index (χ3v) is 5.85. The molecule has 3 rings (SSSR count). The Hall–Kier alpha value is -2.38. The van der Waals surface area contributed by atoms with Crippen LogP contribution in [0, 0.1) is 0 Å².